The molecule has 1 heterocycles. The van der Waals surface area contributed by atoms with Crippen LogP contribution in [0.1, 0.15) is 39.5 Å². The van der Waals surface area contributed by atoms with Gasteiger partial charge in [-0.15, -0.1) is 0 Å². The van der Waals surface area contributed by atoms with Crippen LogP contribution < -0.4 is 9.47 Å². The number of benzene rings is 1. The Hall–Kier alpha value is -2.27. The minimum absolute atomic E-state index is 0.297. The van der Waals surface area contributed by atoms with Gasteiger partial charge in [-0.3, -0.25) is 0 Å². The second kappa shape index (κ2) is 11.4. The summed E-state index contributed by atoms with van der Waals surface area (Å²) in [6.45, 7) is 7.62. The summed E-state index contributed by atoms with van der Waals surface area (Å²) in [7, 11) is 0. The van der Waals surface area contributed by atoms with Gasteiger partial charge in [-0.1, -0.05) is 6.42 Å². The lowest BCUT2D eigenvalue weighted by Gasteiger charge is -2.20. The Labute approximate surface area is 157 Å². The summed E-state index contributed by atoms with van der Waals surface area (Å²) in [6, 6.07) is 12.2. The molecule has 0 saturated heterocycles. The molecule has 0 unspecified atom stereocenters. The minimum atomic E-state index is 0.297. The first-order chi connectivity index (χ1) is 12.8. The summed E-state index contributed by atoms with van der Waals surface area (Å²) in [4.78, 5) is 2.31. The zero-order valence-corrected chi connectivity index (χ0v) is 16.0. The lowest BCUT2D eigenvalue weighted by molar-refractivity contribution is -0.697. The van der Waals surface area contributed by atoms with E-state index < -0.39 is 0 Å². The van der Waals surface area contributed by atoms with E-state index in [2.05, 4.69) is 45.7 Å². The highest BCUT2D eigenvalue weighted by molar-refractivity contribution is 5.52. The van der Waals surface area contributed by atoms with Gasteiger partial charge in [-0.05, 0) is 51.0 Å². The van der Waals surface area contributed by atoms with Gasteiger partial charge >= 0.3 is 0 Å². The summed E-state index contributed by atoms with van der Waals surface area (Å²) >= 11 is 0. The topological polar surface area (TPSA) is 52.1 Å². The maximum Gasteiger partial charge on any atom is 0.171 e. The minimum Gasteiger partial charge on any atom is -0.396 e. The van der Waals surface area contributed by atoms with Gasteiger partial charge in [0.2, 0.25) is 0 Å². The van der Waals surface area contributed by atoms with Crippen LogP contribution in [-0.2, 0) is 6.54 Å². The smallest absolute Gasteiger partial charge is 0.171 e. The van der Waals surface area contributed by atoms with Crippen LogP contribution >= 0.6 is 0 Å². The molecule has 26 heavy (non-hydrogen) atoms. The van der Waals surface area contributed by atoms with Crippen molar-refractivity contribution >= 4 is 17.1 Å². The lowest BCUT2D eigenvalue weighted by atomic mass is 10.2. The quantitative estimate of drug-likeness (QED) is 0.358. The molecule has 140 valence electrons. The normalized spacial score (nSPS) is 11.2. The van der Waals surface area contributed by atoms with Gasteiger partial charge in [-0.2, -0.15) is 10.2 Å². The zero-order valence-electron chi connectivity index (χ0n) is 16.0. The van der Waals surface area contributed by atoms with Crippen LogP contribution in [0.4, 0.5) is 17.1 Å². The number of anilines is 1. The second-order valence-corrected chi connectivity index (χ2v) is 6.32. The number of unbranched alkanes of at least 4 members (excludes halogenated alkanes) is 3. The molecule has 2 rings (SSSR count). The molecule has 0 bridgehead atoms. The van der Waals surface area contributed by atoms with Crippen molar-refractivity contribution in [2.24, 2.45) is 10.2 Å². The SMILES string of the molecule is CCN(CC)c1ccc(N=Nc2cc[n+](CCCCCCO)cc2)cc1. The predicted octanol–water partition coefficient (Wildman–Crippen LogP) is 4.79. The van der Waals surface area contributed by atoms with Crippen molar-refractivity contribution in [2.45, 2.75) is 46.1 Å². The van der Waals surface area contributed by atoms with E-state index in [1.807, 2.05) is 36.7 Å². The molecule has 5 heteroatoms. The molecule has 2 aromatic rings. The number of aryl methyl sites for hydroxylation is 1. The second-order valence-electron chi connectivity index (χ2n) is 6.32. The highest BCUT2D eigenvalue weighted by atomic mass is 16.2. The van der Waals surface area contributed by atoms with Gasteiger partial charge in [0.15, 0.2) is 12.4 Å². The summed E-state index contributed by atoms with van der Waals surface area (Å²) in [5.41, 5.74) is 2.93. The number of hydrogen-bond donors (Lipinski definition) is 1. The van der Waals surface area contributed by atoms with Gasteiger partial charge in [0, 0.05) is 43.9 Å². The highest BCUT2D eigenvalue weighted by Gasteiger charge is 2.02. The van der Waals surface area contributed by atoms with Crippen molar-refractivity contribution in [3.8, 4) is 0 Å². The lowest BCUT2D eigenvalue weighted by Crippen LogP contribution is -2.32. The molecule has 0 saturated carbocycles. The Morgan fingerprint density at radius 1 is 0.808 bits per heavy atom. The van der Waals surface area contributed by atoms with E-state index >= 15 is 0 Å². The van der Waals surface area contributed by atoms with E-state index in [1.54, 1.807) is 0 Å². The molecule has 1 aromatic carbocycles. The Bertz CT molecular complexity index is 649. The van der Waals surface area contributed by atoms with E-state index in [0.717, 1.165) is 56.7 Å². The van der Waals surface area contributed by atoms with E-state index in [4.69, 9.17) is 5.11 Å². The fourth-order valence-corrected chi connectivity index (χ4v) is 2.86. The summed E-state index contributed by atoms with van der Waals surface area (Å²) in [5.74, 6) is 0. The van der Waals surface area contributed by atoms with Crippen molar-refractivity contribution in [1.29, 1.82) is 0 Å². The van der Waals surface area contributed by atoms with Crippen LogP contribution in [-0.4, -0.2) is 24.8 Å². The third-order valence-electron chi connectivity index (χ3n) is 4.46. The number of aromatic nitrogens is 1. The maximum absolute atomic E-state index is 8.78. The number of aliphatic hydroxyl groups is 1. The predicted molar refractivity (Wildman–Crippen MR) is 106 cm³/mol. The van der Waals surface area contributed by atoms with E-state index in [0.29, 0.717) is 6.61 Å². The standard InChI is InChI=1S/C21H31N4O/c1-3-25(4-2)21-11-9-19(10-12-21)22-23-20-13-16-24(17-14-20)15-7-5-6-8-18-26/h9-14,16-17,26H,3-8,15,18H2,1-2H3/q+1. The Balaban J connectivity index is 1.86. The number of azo groups is 1. The Kier molecular flexibility index (Phi) is 8.76. The fraction of sp³-hybridized carbons (Fsp3) is 0.476. The number of aliphatic hydroxyl groups excluding tert-OH is 1. The zero-order chi connectivity index (χ0) is 18.6. The molecule has 0 aliphatic rings. The maximum atomic E-state index is 8.78. The monoisotopic (exact) mass is 355 g/mol. The fourth-order valence-electron chi connectivity index (χ4n) is 2.86. The third kappa shape index (κ3) is 6.56. The first kappa shape index (κ1) is 20.0. The molecule has 0 fully saturated rings. The van der Waals surface area contributed by atoms with Crippen LogP contribution in [0.5, 0.6) is 0 Å². The molecule has 0 atom stereocenters. The summed E-state index contributed by atoms with van der Waals surface area (Å²) in [6.07, 6.45) is 8.37. The van der Waals surface area contributed by atoms with Crippen LogP contribution in [0.3, 0.4) is 0 Å². The Morgan fingerprint density at radius 3 is 1.96 bits per heavy atom. The number of hydrogen-bond acceptors (Lipinski definition) is 4. The number of pyridine rings is 1. The number of nitrogens with zero attached hydrogens (tertiary/aromatic N) is 4. The van der Waals surface area contributed by atoms with Crippen LogP contribution in [0.15, 0.2) is 59.0 Å². The summed E-state index contributed by atoms with van der Waals surface area (Å²) in [5, 5.41) is 17.4. The highest BCUT2D eigenvalue weighted by Crippen LogP contribution is 2.21. The van der Waals surface area contributed by atoms with E-state index in [1.165, 1.54) is 5.69 Å². The average molecular weight is 356 g/mol. The largest absolute Gasteiger partial charge is 0.396 e. The van der Waals surface area contributed by atoms with Crippen molar-refractivity contribution < 1.29 is 9.67 Å². The van der Waals surface area contributed by atoms with Gasteiger partial charge < -0.3 is 10.0 Å². The molecular weight excluding hydrogens is 324 g/mol. The molecule has 1 N–H and O–H groups in total. The van der Waals surface area contributed by atoms with E-state index in [9.17, 15) is 0 Å². The van der Waals surface area contributed by atoms with Crippen LogP contribution in [0.2, 0.25) is 0 Å². The van der Waals surface area contributed by atoms with Crippen LogP contribution in [0, 0.1) is 0 Å². The van der Waals surface area contributed by atoms with Gasteiger partial charge in [0.25, 0.3) is 0 Å². The molecule has 1 aromatic heterocycles. The molecule has 0 amide bonds. The molecule has 0 aliphatic heterocycles. The van der Waals surface area contributed by atoms with Crippen molar-refractivity contribution in [2.75, 3.05) is 24.6 Å². The summed E-state index contributed by atoms with van der Waals surface area (Å²) < 4.78 is 2.16. The van der Waals surface area contributed by atoms with Gasteiger partial charge in [0.05, 0.1) is 11.4 Å². The van der Waals surface area contributed by atoms with Crippen molar-refractivity contribution in [3.05, 3.63) is 48.8 Å². The third-order valence-corrected chi connectivity index (χ3v) is 4.46. The average Bonchev–Trinajstić information content (AvgIpc) is 2.69. The number of rotatable bonds is 11. The van der Waals surface area contributed by atoms with Gasteiger partial charge in [0.1, 0.15) is 6.54 Å². The molecule has 5 nitrogen and oxygen atoms in total. The molecular formula is C21H31N4O+. The van der Waals surface area contributed by atoms with Crippen molar-refractivity contribution in [3.63, 3.8) is 0 Å². The van der Waals surface area contributed by atoms with E-state index in [-0.39, 0.29) is 0 Å². The molecule has 0 aliphatic carbocycles. The Morgan fingerprint density at radius 2 is 1.38 bits per heavy atom. The molecule has 0 spiro atoms. The molecule has 0 radical (unpaired) electrons. The van der Waals surface area contributed by atoms with Crippen LogP contribution in [0.25, 0.3) is 0 Å². The first-order valence-electron chi connectivity index (χ1n) is 9.63. The van der Waals surface area contributed by atoms with Gasteiger partial charge in [-0.25, -0.2) is 4.57 Å². The first-order valence-corrected chi connectivity index (χ1v) is 9.63. The van der Waals surface area contributed by atoms with Crippen molar-refractivity contribution in [1.82, 2.24) is 0 Å².